The van der Waals surface area contributed by atoms with Gasteiger partial charge in [0.25, 0.3) is 11.8 Å². The van der Waals surface area contributed by atoms with Crippen molar-refractivity contribution >= 4 is 34.9 Å². The van der Waals surface area contributed by atoms with Crippen LogP contribution >= 0.6 is 11.3 Å². The predicted molar refractivity (Wildman–Crippen MR) is 100.0 cm³/mol. The first-order valence-corrected chi connectivity index (χ1v) is 9.21. The molecule has 0 bridgehead atoms. The van der Waals surface area contributed by atoms with E-state index in [1.165, 1.54) is 28.7 Å². The minimum absolute atomic E-state index is 0.0212. The van der Waals surface area contributed by atoms with Crippen LogP contribution in [0.4, 0.5) is 11.7 Å². The molecule has 1 aromatic carbocycles. The van der Waals surface area contributed by atoms with Crippen LogP contribution in [0.3, 0.4) is 0 Å². The van der Waals surface area contributed by atoms with Crippen LogP contribution in [0.5, 0.6) is 0 Å². The standard InChI is InChI=1S/C19H17N3O3S/c1-12-6-7-15-13(10-12)4-2-8-22(15)18(24)14-11-25-19(20-14)21-17(23)16-5-3-9-26-16/h3,5-7,9-11H,2,4,8H2,1H3,(H,20,21,23). The summed E-state index contributed by atoms with van der Waals surface area (Å²) < 4.78 is 5.27. The number of hydrogen-bond donors (Lipinski definition) is 1. The molecule has 132 valence electrons. The van der Waals surface area contributed by atoms with Crippen molar-refractivity contribution in [3.63, 3.8) is 0 Å². The third-order valence-corrected chi connectivity index (χ3v) is 5.16. The number of nitrogens with one attached hydrogen (secondary N) is 1. The van der Waals surface area contributed by atoms with Crippen molar-refractivity contribution in [1.82, 2.24) is 4.98 Å². The van der Waals surface area contributed by atoms with E-state index in [-0.39, 0.29) is 23.5 Å². The molecule has 3 aromatic rings. The van der Waals surface area contributed by atoms with E-state index in [4.69, 9.17) is 4.42 Å². The first-order chi connectivity index (χ1) is 12.6. The van der Waals surface area contributed by atoms with Gasteiger partial charge in [0.2, 0.25) is 0 Å². The summed E-state index contributed by atoms with van der Waals surface area (Å²) in [6.45, 7) is 2.68. The Labute approximate surface area is 154 Å². The zero-order chi connectivity index (χ0) is 18.1. The number of thiophene rings is 1. The predicted octanol–water partition coefficient (Wildman–Crippen LogP) is 3.89. The number of oxazole rings is 1. The van der Waals surface area contributed by atoms with E-state index in [1.807, 2.05) is 24.4 Å². The number of aromatic nitrogens is 1. The van der Waals surface area contributed by atoms with Gasteiger partial charge in [-0.05, 0) is 42.8 Å². The number of carbonyl (C=O) groups excluding carboxylic acids is 2. The van der Waals surface area contributed by atoms with Gasteiger partial charge < -0.3 is 9.32 Å². The molecule has 1 aliphatic rings. The van der Waals surface area contributed by atoms with E-state index in [9.17, 15) is 9.59 Å². The van der Waals surface area contributed by atoms with Crippen molar-refractivity contribution in [1.29, 1.82) is 0 Å². The van der Waals surface area contributed by atoms with Gasteiger partial charge >= 0.3 is 6.01 Å². The van der Waals surface area contributed by atoms with Crippen LogP contribution in [0.25, 0.3) is 0 Å². The molecule has 3 heterocycles. The van der Waals surface area contributed by atoms with E-state index in [0.717, 1.165) is 18.5 Å². The molecule has 6 nitrogen and oxygen atoms in total. The first kappa shape index (κ1) is 16.5. The Morgan fingerprint density at radius 1 is 1.31 bits per heavy atom. The molecule has 0 saturated heterocycles. The fourth-order valence-corrected chi connectivity index (χ4v) is 3.69. The molecule has 0 spiro atoms. The minimum Gasteiger partial charge on any atom is -0.431 e. The second-order valence-corrected chi connectivity index (χ2v) is 7.11. The molecule has 0 saturated carbocycles. The molecular formula is C19H17N3O3S. The van der Waals surface area contributed by atoms with Crippen molar-refractivity contribution in [2.75, 3.05) is 16.8 Å². The number of benzene rings is 1. The Hall–Kier alpha value is -2.93. The van der Waals surface area contributed by atoms with Crippen LogP contribution < -0.4 is 10.2 Å². The molecule has 2 amide bonds. The Bertz CT molecular complexity index is 962. The van der Waals surface area contributed by atoms with Gasteiger partial charge in [0.05, 0.1) is 4.88 Å². The van der Waals surface area contributed by atoms with Gasteiger partial charge in [-0.3, -0.25) is 14.9 Å². The van der Waals surface area contributed by atoms with Crippen LogP contribution in [-0.4, -0.2) is 23.3 Å². The van der Waals surface area contributed by atoms with Crippen molar-refractivity contribution in [3.8, 4) is 0 Å². The highest BCUT2D eigenvalue weighted by Gasteiger charge is 2.26. The first-order valence-electron chi connectivity index (χ1n) is 8.33. The van der Waals surface area contributed by atoms with Crippen LogP contribution in [0, 0.1) is 6.92 Å². The Kier molecular flexibility index (Phi) is 4.30. The maximum absolute atomic E-state index is 12.9. The van der Waals surface area contributed by atoms with Crippen molar-refractivity contribution in [2.24, 2.45) is 0 Å². The summed E-state index contributed by atoms with van der Waals surface area (Å²) in [5, 5.41) is 4.39. The van der Waals surface area contributed by atoms with Crippen LogP contribution in [0.2, 0.25) is 0 Å². The van der Waals surface area contributed by atoms with E-state index in [0.29, 0.717) is 11.4 Å². The van der Waals surface area contributed by atoms with Gasteiger partial charge in [0.1, 0.15) is 6.26 Å². The molecular weight excluding hydrogens is 350 g/mol. The highest BCUT2D eigenvalue weighted by atomic mass is 32.1. The maximum Gasteiger partial charge on any atom is 0.302 e. The van der Waals surface area contributed by atoms with E-state index < -0.39 is 0 Å². The van der Waals surface area contributed by atoms with Crippen LogP contribution in [0.1, 0.15) is 37.7 Å². The van der Waals surface area contributed by atoms with Crippen LogP contribution in [0.15, 0.2) is 46.4 Å². The second kappa shape index (κ2) is 6.76. The van der Waals surface area contributed by atoms with Crippen LogP contribution in [-0.2, 0) is 6.42 Å². The molecule has 0 unspecified atom stereocenters. The van der Waals surface area contributed by atoms with Gasteiger partial charge in [0.15, 0.2) is 5.69 Å². The van der Waals surface area contributed by atoms with E-state index in [1.54, 1.807) is 17.0 Å². The summed E-state index contributed by atoms with van der Waals surface area (Å²) in [5.74, 6) is -0.533. The third kappa shape index (κ3) is 3.13. The lowest BCUT2D eigenvalue weighted by molar-refractivity contribution is 0.0978. The molecule has 26 heavy (non-hydrogen) atoms. The second-order valence-electron chi connectivity index (χ2n) is 6.16. The topological polar surface area (TPSA) is 75.4 Å². The minimum atomic E-state index is -0.306. The summed E-state index contributed by atoms with van der Waals surface area (Å²) in [6.07, 6.45) is 3.15. The molecule has 4 rings (SSSR count). The Balaban J connectivity index is 1.53. The highest BCUT2D eigenvalue weighted by Crippen LogP contribution is 2.29. The molecule has 0 aliphatic carbocycles. The summed E-state index contributed by atoms with van der Waals surface area (Å²) in [7, 11) is 0. The van der Waals surface area contributed by atoms with Gasteiger partial charge in [-0.2, -0.15) is 4.98 Å². The maximum atomic E-state index is 12.9. The normalized spacial score (nSPS) is 13.3. The van der Waals surface area contributed by atoms with Crippen molar-refractivity contribution in [3.05, 3.63) is 63.7 Å². The number of fused-ring (bicyclic) bond motifs is 1. The Morgan fingerprint density at radius 2 is 2.19 bits per heavy atom. The van der Waals surface area contributed by atoms with Gasteiger partial charge in [0, 0.05) is 12.2 Å². The molecule has 0 fully saturated rings. The van der Waals surface area contributed by atoms with Gasteiger partial charge in [-0.1, -0.05) is 23.8 Å². The summed E-state index contributed by atoms with van der Waals surface area (Å²) in [5.41, 5.74) is 3.44. The molecule has 1 N–H and O–H groups in total. The molecule has 0 radical (unpaired) electrons. The highest BCUT2D eigenvalue weighted by molar-refractivity contribution is 7.12. The average Bonchev–Trinajstić information content (AvgIpc) is 3.32. The fourth-order valence-electron chi connectivity index (χ4n) is 3.07. The monoisotopic (exact) mass is 367 g/mol. The SMILES string of the molecule is Cc1ccc2c(c1)CCCN2C(=O)c1coc(NC(=O)c2cccs2)n1. The van der Waals surface area contributed by atoms with Crippen molar-refractivity contribution in [2.45, 2.75) is 19.8 Å². The number of hydrogen-bond acceptors (Lipinski definition) is 5. The van der Waals surface area contributed by atoms with E-state index in [2.05, 4.69) is 16.4 Å². The fraction of sp³-hybridized carbons (Fsp3) is 0.211. The summed E-state index contributed by atoms with van der Waals surface area (Å²) in [4.78, 5) is 31.3. The molecule has 2 aromatic heterocycles. The molecule has 1 aliphatic heterocycles. The zero-order valence-corrected chi connectivity index (χ0v) is 15.0. The number of carbonyl (C=O) groups is 2. The van der Waals surface area contributed by atoms with Gasteiger partial charge in [-0.15, -0.1) is 11.3 Å². The molecule has 7 heteroatoms. The average molecular weight is 367 g/mol. The third-order valence-electron chi connectivity index (χ3n) is 4.29. The van der Waals surface area contributed by atoms with E-state index >= 15 is 0 Å². The number of amides is 2. The number of nitrogens with zero attached hydrogens (tertiary/aromatic N) is 2. The smallest absolute Gasteiger partial charge is 0.302 e. The Morgan fingerprint density at radius 3 is 3.00 bits per heavy atom. The lowest BCUT2D eigenvalue weighted by Gasteiger charge is -2.29. The number of aryl methyl sites for hydroxylation is 2. The summed E-state index contributed by atoms with van der Waals surface area (Å²) >= 11 is 1.32. The van der Waals surface area contributed by atoms with Gasteiger partial charge in [-0.25, -0.2) is 0 Å². The lowest BCUT2D eigenvalue weighted by atomic mass is 9.99. The lowest BCUT2D eigenvalue weighted by Crippen LogP contribution is -2.35. The van der Waals surface area contributed by atoms with Crippen molar-refractivity contribution < 1.29 is 14.0 Å². The molecule has 0 atom stereocenters. The number of rotatable bonds is 3. The summed E-state index contributed by atoms with van der Waals surface area (Å²) in [6, 6.07) is 9.61. The zero-order valence-electron chi connectivity index (χ0n) is 14.2. The largest absolute Gasteiger partial charge is 0.431 e. The number of anilines is 2. The quantitative estimate of drug-likeness (QED) is 0.762.